The van der Waals surface area contributed by atoms with Crippen LogP contribution in [0.3, 0.4) is 0 Å². The van der Waals surface area contributed by atoms with Crippen LogP contribution in [-0.2, 0) is 25.6 Å². The fraction of sp³-hybridized carbons (Fsp3) is 0.286. The average Bonchev–Trinajstić information content (AvgIpc) is 2.32. The highest BCUT2D eigenvalue weighted by Crippen LogP contribution is 2.39. The van der Waals surface area contributed by atoms with E-state index in [4.69, 9.17) is 14.2 Å². The highest BCUT2D eigenvalue weighted by molar-refractivity contribution is 5.78. The quantitative estimate of drug-likeness (QED) is 0.592. The Bertz CT molecular complexity index is 552. The molecule has 1 radical (unpaired) electrons. The summed E-state index contributed by atoms with van der Waals surface area (Å²) in [5.74, 6) is -2.47. The van der Waals surface area contributed by atoms with E-state index >= 15 is 0 Å². The minimum Gasteiger partial charge on any atom is -0.423 e. The number of esters is 3. The van der Waals surface area contributed by atoms with Gasteiger partial charge in [-0.3, -0.25) is 19.2 Å². The summed E-state index contributed by atoms with van der Waals surface area (Å²) in [6.45, 7) is 3.45. The molecule has 0 amide bonds. The standard InChI is InChI=1S/C14H13O7/c1-8(16)19-12-6-11(4-5-15)7-13(20-9(2)17)14(12)21-10(3)18/h6-7H,4H2,1-3H3. The minimum atomic E-state index is -0.688. The van der Waals surface area contributed by atoms with Gasteiger partial charge < -0.3 is 14.2 Å². The molecule has 0 N–H and O–H groups in total. The number of benzene rings is 1. The molecule has 7 nitrogen and oxygen atoms in total. The van der Waals surface area contributed by atoms with Gasteiger partial charge in [0, 0.05) is 27.2 Å². The zero-order valence-corrected chi connectivity index (χ0v) is 11.7. The van der Waals surface area contributed by atoms with Gasteiger partial charge in [-0.05, 0) is 17.7 Å². The average molecular weight is 293 g/mol. The first-order chi connectivity index (χ1) is 9.83. The van der Waals surface area contributed by atoms with E-state index < -0.39 is 17.9 Å². The molecule has 0 aliphatic heterocycles. The Balaban J connectivity index is 3.42. The molecule has 0 saturated heterocycles. The Kier molecular flexibility index (Phi) is 5.59. The smallest absolute Gasteiger partial charge is 0.308 e. The topological polar surface area (TPSA) is 96.0 Å². The third-order valence-electron chi connectivity index (χ3n) is 2.11. The zero-order valence-electron chi connectivity index (χ0n) is 11.7. The minimum absolute atomic E-state index is 0.108. The molecule has 0 saturated carbocycles. The maximum absolute atomic E-state index is 11.1. The normalized spacial score (nSPS) is 9.67. The summed E-state index contributed by atoms with van der Waals surface area (Å²) in [5, 5.41) is 0. The first kappa shape index (κ1) is 16.4. The molecule has 0 fully saturated rings. The van der Waals surface area contributed by atoms with Gasteiger partial charge >= 0.3 is 17.9 Å². The monoisotopic (exact) mass is 293 g/mol. The molecule has 0 heterocycles. The van der Waals surface area contributed by atoms with E-state index in [1.54, 1.807) is 6.29 Å². The van der Waals surface area contributed by atoms with E-state index in [2.05, 4.69) is 0 Å². The van der Waals surface area contributed by atoms with Crippen LogP contribution >= 0.6 is 0 Å². The molecular weight excluding hydrogens is 280 g/mol. The van der Waals surface area contributed by atoms with Crippen molar-refractivity contribution in [2.24, 2.45) is 0 Å². The number of rotatable bonds is 5. The molecule has 7 heteroatoms. The van der Waals surface area contributed by atoms with Gasteiger partial charge in [0.25, 0.3) is 0 Å². The molecular formula is C14H13O7. The molecule has 1 aromatic rings. The van der Waals surface area contributed by atoms with Crippen molar-refractivity contribution in [1.29, 1.82) is 0 Å². The van der Waals surface area contributed by atoms with Crippen molar-refractivity contribution in [2.45, 2.75) is 27.2 Å². The number of ether oxygens (including phenoxy) is 3. The molecule has 0 unspecified atom stereocenters. The Morgan fingerprint density at radius 2 is 1.33 bits per heavy atom. The lowest BCUT2D eigenvalue weighted by atomic mass is 10.1. The van der Waals surface area contributed by atoms with Gasteiger partial charge in [0.1, 0.15) is 0 Å². The van der Waals surface area contributed by atoms with E-state index in [9.17, 15) is 19.2 Å². The van der Waals surface area contributed by atoms with Gasteiger partial charge in [-0.1, -0.05) is 0 Å². The van der Waals surface area contributed by atoms with Crippen LogP contribution in [0.4, 0.5) is 0 Å². The lowest BCUT2D eigenvalue weighted by molar-refractivity contribution is -0.135. The van der Waals surface area contributed by atoms with E-state index in [1.165, 1.54) is 12.1 Å². The Morgan fingerprint density at radius 1 is 0.905 bits per heavy atom. The van der Waals surface area contributed by atoms with Crippen LogP contribution in [0.15, 0.2) is 12.1 Å². The largest absolute Gasteiger partial charge is 0.423 e. The van der Waals surface area contributed by atoms with Gasteiger partial charge in [-0.25, -0.2) is 0 Å². The van der Waals surface area contributed by atoms with Crippen molar-refractivity contribution in [3.63, 3.8) is 0 Å². The van der Waals surface area contributed by atoms with Gasteiger partial charge in [0.2, 0.25) is 12.0 Å². The molecule has 0 aliphatic rings. The predicted molar refractivity (Wildman–Crippen MR) is 69.8 cm³/mol. The van der Waals surface area contributed by atoms with Gasteiger partial charge in [0.15, 0.2) is 11.5 Å². The first-order valence-corrected chi connectivity index (χ1v) is 5.90. The molecule has 111 valence electrons. The second-order valence-electron chi connectivity index (χ2n) is 4.02. The number of hydrogen-bond acceptors (Lipinski definition) is 7. The molecule has 0 bridgehead atoms. The number of hydrogen-bond donors (Lipinski definition) is 0. The van der Waals surface area contributed by atoms with Crippen LogP contribution in [0.2, 0.25) is 0 Å². The molecule has 0 atom stereocenters. The number of carbonyl (C=O) groups is 3. The van der Waals surface area contributed by atoms with Crippen LogP contribution in [0, 0.1) is 0 Å². The summed E-state index contributed by atoms with van der Waals surface area (Å²) in [4.78, 5) is 43.8. The van der Waals surface area contributed by atoms with Crippen molar-refractivity contribution in [1.82, 2.24) is 0 Å². The summed E-state index contributed by atoms with van der Waals surface area (Å²) < 4.78 is 14.8. The SMILES string of the molecule is CC(=O)Oc1cc(C[C]=O)cc(OC(C)=O)c1OC(C)=O. The highest BCUT2D eigenvalue weighted by Gasteiger charge is 2.20. The van der Waals surface area contributed by atoms with Gasteiger partial charge in [-0.2, -0.15) is 0 Å². The molecule has 0 spiro atoms. The lowest BCUT2D eigenvalue weighted by Gasteiger charge is -2.14. The summed E-state index contributed by atoms with van der Waals surface area (Å²) in [6, 6.07) is 2.66. The van der Waals surface area contributed by atoms with Crippen molar-refractivity contribution in [2.75, 3.05) is 0 Å². The zero-order chi connectivity index (χ0) is 16.0. The number of carbonyl (C=O) groups excluding carboxylic acids is 4. The molecule has 0 aliphatic carbocycles. The van der Waals surface area contributed by atoms with Crippen LogP contribution < -0.4 is 14.2 Å². The Morgan fingerprint density at radius 3 is 1.67 bits per heavy atom. The fourth-order valence-corrected chi connectivity index (χ4v) is 1.52. The summed E-state index contributed by atoms with van der Waals surface area (Å²) in [6.07, 6.45) is 1.56. The van der Waals surface area contributed by atoms with Crippen molar-refractivity contribution < 1.29 is 33.4 Å². The first-order valence-electron chi connectivity index (χ1n) is 5.90. The lowest BCUT2D eigenvalue weighted by Crippen LogP contribution is -2.11. The van der Waals surface area contributed by atoms with Crippen molar-refractivity contribution in [3.8, 4) is 17.2 Å². The van der Waals surface area contributed by atoms with Gasteiger partial charge in [0.05, 0.1) is 0 Å². The van der Waals surface area contributed by atoms with Crippen LogP contribution in [-0.4, -0.2) is 24.2 Å². The predicted octanol–water partition coefficient (Wildman–Crippen LogP) is 1.11. The molecule has 1 rings (SSSR count). The Hall–Kier alpha value is -2.70. The van der Waals surface area contributed by atoms with E-state index in [-0.39, 0.29) is 23.7 Å². The highest BCUT2D eigenvalue weighted by atomic mass is 16.6. The second kappa shape index (κ2) is 7.18. The summed E-state index contributed by atoms with van der Waals surface area (Å²) in [7, 11) is 0. The van der Waals surface area contributed by atoms with Gasteiger partial charge in [-0.15, -0.1) is 0 Å². The van der Waals surface area contributed by atoms with E-state index in [1.807, 2.05) is 0 Å². The molecule has 21 heavy (non-hydrogen) atoms. The molecule has 1 aromatic carbocycles. The van der Waals surface area contributed by atoms with Crippen LogP contribution in [0.25, 0.3) is 0 Å². The summed E-state index contributed by atoms with van der Waals surface area (Å²) >= 11 is 0. The van der Waals surface area contributed by atoms with Crippen molar-refractivity contribution >= 4 is 24.2 Å². The van der Waals surface area contributed by atoms with Crippen molar-refractivity contribution in [3.05, 3.63) is 17.7 Å². The third kappa shape index (κ3) is 5.06. The molecule has 0 aromatic heterocycles. The fourth-order valence-electron chi connectivity index (χ4n) is 1.52. The Labute approximate surface area is 120 Å². The third-order valence-corrected chi connectivity index (χ3v) is 2.11. The maximum Gasteiger partial charge on any atom is 0.308 e. The van der Waals surface area contributed by atoms with E-state index in [0.29, 0.717) is 5.56 Å². The van der Waals surface area contributed by atoms with Crippen LogP contribution in [0.5, 0.6) is 17.2 Å². The summed E-state index contributed by atoms with van der Waals surface area (Å²) in [5.41, 5.74) is 0.383. The maximum atomic E-state index is 11.1. The van der Waals surface area contributed by atoms with E-state index in [0.717, 1.165) is 20.8 Å². The van der Waals surface area contributed by atoms with Crippen LogP contribution in [0.1, 0.15) is 26.3 Å². The second-order valence-corrected chi connectivity index (χ2v) is 4.02.